The van der Waals surface area contributed by atoms with Gasteiger partial charge >= 0.3 is 0 Å². The summed E-state index contributed by atoms with van der Waals surface area (Å²) in [5.74, 6) is 0. The van der Waals surface area contributed by atoms with Gasteiger partial charge < -0.3 is 5.32 Å². The summed E-state index contributed by atoms with van der Waals surface area (Å²) < 4.78 is 26.6. The molecule has 1 atom stereocenters. The van der Waals surface area contributed by atoms with Gasteiger partial charge in [-0.1, -0.05) is 23.2 Å². The van der Waals surface area contributed by atoms with Crippen molar-refractivity contribution in [2.45, 2.75) is 17.4 Å². The Morgan fingerprint density at radius 1 is 1.29 bits per heavy atom. The fourth-order valence-corrected chi connectivity index (χ4v) is 3.35. The van der Waals surface area contributed by atoms with Crippen LogP contribution in [0.2, 0.25) is 10.0 Å². The number of halogens is 2. The van der Waals surface area contributed by atoms with E-state index in [9.17, 15) is 8.42 Å². The predicted molar refractivity (Wildman–Crippen MR) is 68.1 cm³/mol. The van der Waals surface area contributed by atoms with Crippen molar-refractivity contribution in [3.8, 4) is 0 Å². The van der Waals surface area contributed by atoms with E-state index in [1.807, 2.05) is 0 Å². The Hall–Kier alpha value is -0.330. The third-order valence-corrected chi connectivity index (χ3v) is 4.84. The van der Waals surface area contributed by atoms with Gasteiger partial charge in [-0.05, 0) is 31.2 Å². The molecule has 1 aromatic rings. The van der Waals surface area contributed by atoms with Crippen molar-refractivity contribution in [1.29, 1.82) is 0 Å². The number of sulfonamides is 1. The minimum Gasteiger partial charge on any atom is -0.315 e. The molecule has 0 spiro atoms. The molecule has 0 bridgehead atoms. The van der Waals surface area contributed by atoms with Gasteiger partial charge in [0.25, 0.3) is 0 Å². The quantitative estimate of drug-likeness (QED) is 0.891. The summed E-state index contributed by atoms with van der Waals surface area (Å²) >= 11 is 11.5. The molecule has 1 unspecified atom stereocenters. The van der Waals surface area contributed by atoms with Crippen LogP contribution in [0.5, 0.6) is 0 Å². The average Bonchev–Trinajstić information content (AvgIpc) is 2.73. The lowest BCUT2D eigenvalue weighted by atomic mass is 10.3. The van der Waals surface area contributed by atoms with Gasteiger partial charge in [0.1, 0.15) is 0 Å². The Morgan fingerprint density at radius 2 is 2.06 bits per heavy atom. The van der Waals surface area contributed by atoms with Gasteiger partial charge in [0.2, 0.25) is 10.0 Å². The molecule has 1 heterocycles. The molecule has 0 aliphatic carbocycles. The van der Waals surface area contributed by atoms with Crippen LogP contribution in [-0.4, -0.2) is 27.5 Å². The highest BCUT2D eigenvalue weighted by atomic mass is 35.5. The molecule has 0 saturated carbocycles. The fraction of sp³-hybridized carbons (Fsp3) is 0.400. The molecule has 2 N–H and O–H groups in total. The number of hydrogen-bond acceptors (Lipinski definition) is 3. The van der Waals surface area contributed by atoms with Gasteiger partial charge in [-0.15, -0.1) is 0 Å². The largest absolute Gasteiger partial charge is 0.315 e. The van der Waals surface area contributed by atoms with Crippen molar-refractivity contribution in [3.63, 3.8) is 0 Å². The van der Waals surface area contributed by atoms with Crippen LogP contribution in [0.4, 0.5) is 0 Å². The van der Waals surface area contributed by atoms with Crippen molar-refractivity contribution in [2.75, 3.05) is 13.1 Å². The maximum atomic E-state index is 12.0. The lowest BCUT2D eigenvalue weighted by Crippen LogP contribution is -2.36. The zero-order chi connectivity index (χ0) is 12.5. The van der Waals surface area contributed by atoms with Crippen LogP contribution in [0.3, 0.4) is 0 Å². The fourth-order valence-electron chi connectivity index (χ4n) is 1.69. The number of nitrogens with one attached hydrogen (secondary N) is 2. The van der Waals surface area contributed by atoms with Crippen LogP contribution in [-0.2, 0) is 10.0 Å². The van der Waals surface area contributed by atoms with E-state index in [0.29, 0.717) is 11.6 Å². The minimum atomic E-state index is -3.52. The van der Waals surface area contributed by atoms with Gasteiger partial charge in [-0.3, -0.25) is 0 Å². The van der Waals surface area contributed by atoms with Gasteiger partial charge in [0.15, 0.2) is 0 Å². The number of rotatable bonds is 3. The first-order chi connectivity index (χ1) is 7.99. The first kappa shape index (κ1) is 13.1. The molecular weight excluding hydrogens is 283 g/mol. The van der Waals surface area contributed by atoms with Crippen molar-refractivity contribution in [3.05, 3.63) is 28.2 Å². The summed E-state index contributed by atoms with van der Waals surface area (Å²) in [4.78, 5) is 0.138. The molecule has 2 rings (SSSR count). The topological polar surface area (TPSA) is 58.2 Å². The first-order valence-electron chi connectivity index (χ1n) is 5.17. The maximum absolute atomic E-state index is 12.0. The van der Waals surface area contributed by atoms with E-state index in [2.05, 4.69) is 10.0 Å². The summed E-state index contributed by atoms with van der Waals surface area (Å²) in [6.45, 7) is 1.48. The van der Waals surface area contributed by atoms with Crippen LogP contribution in [0, 0.1) is 0 Å². The highest BCUT2D eigenvalue weighted by Crippen LogP contribution is 2.24. The Labute approximate surface area is 110 Å². The summed E-state index contributed by atoms with van der Waals surface area (Å²) in [5, 5.41) is 3.67. The van der Waals surface area contributed by atoms with E-state index >= 15 is 0 Å². The van der Waals surface area contributed by atoms with E-state index < -0.39 is 10.0 Å². The molecule has 94 valence electrons. The standard InChI is InChI=1S/C10H12Cl2N2O2S/c11-9-2-1-8(5-10(9)12)17(15,16)14-7-3-4-13-6-7/h1-2,5,7,13-14H,3-4,6H2. The highest BCUT2D eigenvalue weighted by Gasteiger charge is 2.23. The number of benzene rings is 1. The Kier molecular flexibility index (Phi) is 3.95. The molecule has 1 aliphatic heterocycles. The van der Waals surface area contributed by atoms with Crippen molar-refractivity contribution in [2.24, 2.45) is 0 Å². The van der Waals surface area contributed by atoms with E-state index in [1.165, 1.54) is 18.2 Å². The average molecular weight is 295 g/mol. The Morgan fingerprint density at radius 3 is 2.65 bits per heavy atom. The SMILES string of the molecule is O=S(=O)(NC1CCNC1)c1ccc(Cl)c(Cl)c1. The predicted octanol–water partition coefficient (Wildman–Crippen LogP) is 1.63. The molecular formula is C10H12Cl2N2O2S. The van der Waals surface area contributed by atoms with Crippen LogP contribution >= 0.6 is 23.2 Å². The van der Waals surface area contributed by atoms with Crippen LogP contribution in [0.15, 0.2) is 23.1 Å². The molecule has 17 heavy (non-hydrogen) atoms. The van der Waals surface area contributed by atoms with Crippen molar-refractivity contribution in [1.82, 2.24) is 10.0 Å². The summed E-state index contributed by atoms with van der Waals surface area (Å²) in [6.07, 6.45) is 0.792. The van der Waals surface area contributed by atoms with Gasteiger partial charge in [0, 0.05) is 12.6 Å². The lowest BCUT2D eigenvalue weighted by Gasteiger charge is -2.12. The third kappa shape index (κ3) is 3.11. The summed E-state index contributed by atoms with van der Waals surface area (Å²) in [5.41, 5.74) is 0. The molecule has 1 fully saturated rings. The van der Waals surface area contributed by atoms with Crippen LogP contribution < -0.4 is 10.0 Å². The molecule has 7 heteroatoms. The maximum Gasteiger partial charge on any atom is 0.240 e. The van der Waals surface area contributed by atoms with Crippen LogP contribution in [0.25, 0.3) is 0 Å². The van der Waals surface area contributed by atoms with E-state index in [0.717, 1.165) is 13.0 Å². The Bertz CT molecular complexity index is 513. The minimum absolute atomic E-state index is 0.0607. The van der Waals surface area contributed by atoms with Crippen molar-refractivity contribution >= 4 is 33.2 Å². The molecule has 0 aromatic heterocycles. The normalized spacial score (nSPS) is 20.7. The van der Waals surface area contributed by atoms with Gasteiger partial charge in [0.05, 0.1) is 14.9 Å². The van der Waals surface area contributed by atoms with Gasteiger partial charge in [-0.2, -0.15) is 0 Å². The molecule has 1 aromatic carbocycles. The first-order valence-corrected chi connectivity index (χ1v) is 7.41. The van der Waals surface area contributed by atoms with Crippen LogP contribution in [0.1, 0.15) is 6.42 Å². The molecule has 1 saturated heterocycles. The van der Waals surface area contributed by atoms with Gasteiger partial charge in [-0.25, -0.2) is 13.1 Å². The molecule has 4 nitrogen and oxygen atoms in total. The summed E-state index contributed by atoms with van der Waals surface area (Å²) in [7, 11) is -3.52. The molecule has 0 amide bonds. The van der Waals surface area contributed by atoms with E-state index in [-0.39, 0.29) is 16.0 Å². The second-order valence-corrected chi connectivity index (χ2v) is 6.42. The molecule has 0 radical (unpaired) electrons. The lowest BCUT2D eigenvalue weighted by molar-refractivity contribution is 0.560. The summed E-state index contributed by atoms with van der Waals surface area (Å²) in [6, 6.07) is 4.22. The highest BCUT2D eigenvalue weighted by molar-refractivity contribution is 7.89. The van der Waals surface area contributed by atoms with Crippen molar-refractivity contribution < 1.29 is 8.42 Å². The second-order valence-electron chi connectivity index (χ2n) is 3.89. The number of hydrogen-bond donors (Lipinski definition) is 2. The Balaban J connectivity index is 2.21. The zero-order valence-corrected chi connectivity index (χ0v) is 11.2. The second kappa shape index (κ2) is 5.12. The van der Waals surface area contributed by atoms with E-state index in [4.69, 9.17) is 23.2 Å². The molecule has 1 aliphatic rings. The smallest absolute Gasteiger partial charge is 0.240 e. The van der Waals surface area contributed by atoms with E-state index in [1.54, 1.807) is 0 Å². The third-order valence-electron chi connectivity index (χ3n) is 2.58. The monoisotopic (exact) mass is 294 g/mol. The zero-order valence-electron chi connectivity index (χ0n) is 8.91.